The molecule has 3 unspecified atom stereocenters. The monoisotopic (exact) mass is 550 g/mol. The van der Waals surface area contributed by atoms with Gasteiger partial charge in [0, 0.05) is 49.6 Å². The number of hydrogen-bond donors (Lipinski definition) is 4. The molecule has 1 aromatic heterocycles. The van der Waals surface area contributed by atoms with Gasteiger partial charge in [0.05, 0.1) is 17.0 Å². The zero-order valence-electron chi connectivity index (χ0n) is 22.5. The minimum Gasteiger partial charge on any atom is -0.366 e. The summed E-state index contributed by atoms with van der Waals surface area (Å²) in [6.45, 7) is 2.83. The maximum Gasteiger partial charge on any atom is 0.251 e. The zero-order chi connectivity index (χ0) is 28.4. The minimum atomic E-state index is -1.37. The summed E-state index contributed by atoms with van der Waals surface area (Å²) in [4.78, 5) is 55.3. The predicted octanol–water partition coefficient (Wildman–Crippen LogP) is 1.67. The highest BCUT2D eigenvalue weighted by Crippen LogP contribution is 2.46. The van der Waals surface area contributed by atoms with Crippen LogP contribution in [0.4, 0.5) is 4.39 Å². The quantitative estimate of drug-likeness (QED) is 0.274. The number of rotatable bonds is 9. The van der Waals surface area contributed by atoms with Crippen molar-refractivity contribution in [3.05, 3.63) is 64.5 Å². The molecule has 212 valence electrons. The SMILES string of the molecule is CCC(CCCc1ccc(C(N)=O)cn1)N1C(F)CNCC1(c1ccc2c(c1)CNC2=O)[C@H]1CCC(=O)NC1=O. The normalized spacial score (nSPS) is 25.7. The fraction of sp³-hybridized carbons (Fsp3) is 0.483. The van der Waals surface area contributed by atoms with E-state index in [0.29, 0.717) is 56.3 Å². The Hall–Kier alpha value is -3.70. The van der Waals surface area contributed by atoms with Crippen molar-refractivity contribution in [2.45, 2.75) is 69.9 Å². The average molecular weight is 551 g/mol. The summed E-state index contributed by atoms with van der Waals surface area (Å²) in [5.74, 6) is -2.08. The molecule has 2 aromatic rings. The van der Waals surface area contributed by atoms with Gasteiger partial charge in [-0.1, -0.05) is 19.1 Å². The third-order valence-electron chi connectivity index (χ3n) is 8.52. The number of aromatic nitrogens is 1. The fourth-order valence-corrected chi connectivity index (χ4v) is 6.56. The van der Waals surface area contributed by atoms with Crippen molar-refractivity contribution >= 4 is 23.6 Å². The van der Waals surface area contributed by atoms with Crippen LogP contribution < -0.4 is 21.7 Å². The number of carbonyl (C=O) groups is 4. The Morgan fingerprint density at radius 2 is 2.08 bits per heavy atom. The van der Waals surface area contributed by atoms with Gasteiger partial charge in [-0.25, -0.2) is 4.39 Å². The molecule has 0 saturated carbocycles. The molecule has 0 aliphatic carbocycles. The second kappa shape index (κ2) is 11.4. The van der Waals surface area contributed by atoms with Crippen molar-refractivity contribution in [2.24, 2.45) is 11.7 Å². The number of nitrogens with one attached hydrogen (secondary N) is 3. The van der Waals surface area contributed by atoms with Gasteiger partial charge in [-0.2, -0.15) is 0 Å². The molecular weight excluding hydrogens is 515 g/mol. The average Bonchev–Trinajstić information content (AvgIpc) is 3.31. The molecule has 40 heavy (non-hydrogen) atoms. The third-order valence-corrected chi connectivity index (χ3v) is 8.52. The molecule has 11 heteroatoms. The molecular formula is C29H35FN6O4. The number of imide groups is 1. The van der Waals surface area contributed by atoms with Crippen molar-refractivity contribution in [2.75, 3.05) is 13.1 Å². The van der Waals surface area contributed by atoms with E-state index in [1.165, 1.54) is 6.20 Å². The van der Waals surface area contributed by atoms with E-state index in [1.807, 2.05) is 24.0 Å². The number of alkyl halides is 1. The Morgan fingerprint density at radius 3 is 2.77 bits per heavy atom. The van der Waals surface area contributed by atoms with Gasteiger partial charge in [0.15, 0.2) is 6.30 Å². The zero-order valence-corrected chi connectivity index (χ0v) is 22.5. The van der Waals surface area contributed by atoms with Crippen LogP contribution in [-0.4, -0.2) is 58.9 Å². The van der Waals surface area contributed by atoms with Crippen molar-refractivity contribution < 1.29 is 23.6 Å². The summed E-state index contributed by atoms with van der Waals surface area (Å²) in [6, 6.07) is 8.72. The number of aryl methyl sites for hydroxylation is 1. The van der Waals surface area contributed by atoms with Crippen molar-refractivity contribution in [3.63, 3.8) is 0 Å². The van der Waals surface area contributed by atoms with Gasteiger partial charge in [0.1, 0.15) is 0 Å². The van der Waals surface area contributed by atoms with Crippen LogP contribution >= 0.6 is 0 Å². The molecule has 2 fully saturated rings. The summed E-state index contributed by atoms with van der Waals surface area (Å²) in [6.07, 6.45) is 3.22. The second-order valence-electron chi connectivity index (χ2n) is 10.8. The number of halogens is 1. The molecule has 10 nitrogen and oxygen atoms in total. The number of primary amides is 1. The lowest BCUT2D eigenvalue weighted by atomic mass is 9.70. The van der Waals surface area contributed by atoms with Gasteiger partial charge >= 0.3 is 0 Å². The van der Waals surface area contributed by atoms with Crippen LogP contribution in [0, 0.1) is 5.92 Å². The number of fused-ring (bicyclic) bond motifs is 1. The van der Waals surface area contributed by atoms with Gasteiger partial charge in [0.2, 0.25) is 17.7 Å². The molecule has 3 aliphatic rings. The number of piperazine rings is 1. The summed E-state index contributed by atoms with van der Waals surface area (Å²) in [5, 5.41) is 8.54. The van der Waals surface area contributed by atoms with E-state index < -0.39 is 29.6 Å². The first-order chi connectivity index (χ1) is 19.2. The number of benzene rings is 1. The first-order valence-corrected chi connectivity index (χ1v) is 13.9. The molecule has 1 aromatic carbocycles. The van der Waals surface area contributed by atoms with E-state index in [9.17, 15) is 19.2 Å². The van der Waals surface area contributed by atoms with Crippen LogP contribution in [-0.2, 0) is 28.1 Å². The number of nitrogens with two attached hydrogens (primary N) is 1. The lowest BCUT2D eigenvalue weighted by Gasteiger charge is -2.56. The third kappa shape index (κ3) is 5.11. The number of pyridine rings is 1. The Labute approximate surface area is 232 Å². The summed E-state index contributed by atoms with van der Waals surface area (Å²) < 4.78 is 16.2. The smallest absolute Gasteiger partial charge is 0.251 e. The van der Waals surface area contributed by atoms with Gasteiger partial charge in [-0.05, 0) is 61.4 Å². The number of hydrogen-bond acceptors (Lipinski definition) is 7. The summed E-state index contributed by atoms with van der Waals surface area (Å²) in [7, 11) is 0. The van der Waals surface area contributed by atoms with E-state index in [0.717, 1.165) is 16.8 Å². The van der Waals surface area contributed by atoms with E-state index >= 15 is 4.39 Å². The highest BCUT2D eigenvalue weighted by Gasteiger charge is 2.55. The Bertz CT molecular complexity index is 1320. The Kier molecular flexibility index (Phi) is 7.95. The Morgan fingerprint density at radius 1 is 1.25 bits per heavy atom. The lowest BCUT2D eigenvalue weighted by molar-refractivity contribution is -0.153. The molecule has 5 rings (SSSR count). The minimum absolute atomic E-state index is 0.118. The molecule has 4 heterocycles. The van der Waals surface area contributed by atoms with Crippen molar-refractivity contribution in [1.82, 2.24) is 25.8 Å². The standard InChI is InChI=1S/C29H35FN6O4/c1-2-21(5-3-4-20-8-6-17(13-33-20)26(31)38)36-24(30)15-32-16-29(36,23-10-11-25(37)35-28(23)40)19-7-9-22-18(12-19)14-34-27(22)39/h6-9,12-13,21,23-24,32H,2-5,10-11,14-16H2,1H3,(H2,31,38)(H,34,39)(H,35,37,40)/t21?,23-,24?,29?/m0/s1. The van der Waals surface area contributed by atoms with Crippen LogP contribution in [0.25, 0.3) is 0 Å². The number of amides is 4. The summed E-state index contributed by atoms with van der Waals surface area (Å²) >= 11 is 0. The molecule has 0 bridgehead atoms. The van der Waals surface area contributed by atoms with Gasteiger partial charge in [-0.3, -0.25) is 34.4 Å². The van der Waals surface area contributed by atoms with Crippen LogP contribution in [0.2, 0.25) is 0 Å². The van der Waals surface area contributed by atoms with E-state index in [2.05, 4.69) is 20.9 Å². The predicted molar refractivity (Wildman–Crippen MR) is 145 cm³/mol. The van der Waals surface area contributed by atoms with Gasteiger partial charge in [-0.15, -0.1) is 0 Å². The fourth-order valence-electron chi connectivity index (χ4n) is 6.56. The molecule has 4 amide bonds. The molecule has 4 atom stereocenters. The topological polar surface area (TPSA) is 147 Å². The van der Waals surface area contributed by atoms with Crippen LogP contribution in [0.15, 0.2) is 36.5 Å². The molecule has 5 N–H and O–H groups in total. The maximum atomic E-state index is 16.2. The maximum absolute atomic E-state index is 16.2. The van der Waals surface area contributed by atoms with Crippen LogP contribution in [0.3, 0.4) is 0 Å². The van der Waals surface area contributed by atoms with Gasteiger partial charge < -0.3 is 16.4 Å². The van der Waals surface area contributed by atoms with Crippen LogP contribution in [0.5, 0.6) is 0 Å². The van der Waals surface area contributed by atoms with Gasteiger partial charge in [0.25, 0.3) is 5.91 Å². The molecule has 2 saturated heterocycles. The largest absolute Gasteiger partial charge is 0.366 e. The molecule has 0 radical (unpaired) electrons. The van der Waals surface area contributed by atoms with E-state index in [4.69, 9.17) is 5.73 Å². The van der Waals surface area contributed by atoms with Crippen molar-refractivity contribution in [1.29, 1.82) is 0 Å². The van der Waals surface area contributed by atoms with E-state index in [-0.39, 0.29) is 30.8 Å². The van der Waals surface area contributed by atoms with Crippen LogP contribution in [0.1, 0.15) is 76.6 Å². The lowest BCUT2D eigenvalue weighted by Crippen LogP contribution is -2.70. The number of piperidine rings is 1. The molecule has 3 aliphatic heterocycles. The highest BCUT2D eigenvalue weighted by molar-refractivity contribution is 6.00. The molecule has 0 spiro atoms. The number of nitrogens with zero attached hydrogens (tertiary/aromatic N) is 2. The first-order valence-electron chi connectivity index (χ1n) is 13.9. The second-order valence-corrected chi connectivity index (χ2v) is 10.8. The first kappa shape index (κ1) is 27.9. The Balaban J connectivity index is 1.49. The van der Waals surface area contributed by atoms with E-state index in [1.54, 1.807) is 18.2 Å². The highest BCUT2D eigenvalue weighted by atomic mass is 19.1. The summed E-state index contributed by atoms with van der Waals surface area (Å²) in [5.41, 5.74) is 7.55. The van der Waals surface area contributed by atoms with Crippen molar-refractivity contribution in [3.8, 4) is 0 Å². The number of carbonyl (C=O) groups excluding carboxylic acids is 4.